The van der Waals surface area contributed by atoms with Crippen LogP contribution in [0.5, 0.6) is 0 Å². The zero-order chi connectivity index (χ0) is 12.7. The Balaban J connectivity index is 2.43. The number of allylic oxidation sites excluding steroid dienone is 1. The Kier molecular flexibility index (Phi) is 6.53. The van der Waals surface area contributed by atoms with Crippen molar-refractivity contribution in [2.75, 3.05) is 0 Å². The van der Waals surface area contributed by atoms with Crippen molar-refractivity contribution >= 4 is 15.9 Å². The van der Waals surface area contributed by atoms with Gasteiger partial charge in [0, 0.05) is 4.47 Å². The lowest BCUT2D eigenvalue weighted by atomic mass is 9.99. The van der Waals surface area contributed by atoms with Gasteiger partial charge in [-0.1, -0.05) is 40.9 Å². The molecule has 0 amide bonds. The fourth-order valence-corrected chi connectivity index (χ4v) is 2.31. The van der Waals surface area contributed by atoms with Crippen LogP contribution in [0.15, 0.2) is 35.3 Å². The molecule has 0 aliphatic rings. The van der Waals surface area contributed by atoms with Gasteiger partial charge >= 0.3 is 0 Å². The molecule has 1 N–H and O–H groups in total. The molecule has 0 spiro atoms. The van der Waals surface area contributed by atoms with Gasteiger partial charge in [-0.3, -0.25) is 0 Å². The number of rotatable bonds is 7. The van der Waals surface area contributed by atoms with E-state index in [1.54, 1.807) is 0 Å². The van der Waals surface area contributed by atoms with E-state index >= 15 is 0 Å². The first-order valence-electron chi connectivity index (χ1n) is 6.20. The van der Waals surface area contributed by atoms with Gasteiger partial charge in [0.15, 0.2) is 0 Å². The lowest BCUT2D eigenvalue weighted by Gasteiger charge is -2.14. The summed E-state index contributed by atoms with van der Waals surface area (Å²) < 4.78 is 1.03. The van der Waals surface area contributed by atoms with Crippen LogP contribution < -0.4 is 0 Å². The van der Waals surface area contributed by atoms with E-state index in [1.807, 2.05) is 31.2 Å². The van der Waals surface area contributed by atoms with E-state index in [1.165, 1.54) is 6.42 Å². The Bertz CT molecular complexity index is 360. The third-order valence-electron chi connectivity index (χ3n) is 2.99. The molecular weight excluding hydrogens is 276 g/mol. The highest BCUT2D eigenvalue weighted by atomic mass is 79.9. The lowest BCUT2D eigenvalue weighted by molar-refractivity contribution is 0.162. The van der Waals surface area contributed by atoms with Crippen molar-refractivity contribution in [2.24, 2.45) is 0 Å². The number of benzene rings is 1. The van der Waals surface area contributed by atoms with E-state index in [9.17, 15) is 5.11 Å². The summed E-state index contributed by atoms with van der Waals surface area (Å²) in [6.07, 6.45) is 6.94. The van der Waals surface area contributed by atoms with Crippen molar-refractivity contribution in [1.29, 1.82) is 0 Å². The molecule has 1 rings (SSSR count). The van der Waals surface area contributed by atoms with Crippen LogP contribution in [0.25, 0.3) is 0 Å². The third-order valence-corrected chi connectivity index (χ3v) is 3.48. The maximum absolute atomic E-state index is 10.1. The van der Waals surface area contributed by atoms with E-state index in [4.69, 9.17) is 0 Å². The highest BCUT2D eigenvalue weighted by molar-refractivity contribution is 9.10. The molecule has 0 aliphatic heterocycles. The minimum absolute atomic E-state index is 0.337. The Morgan fingerprint density at radius 3 is 2.82 bits per heavy atom. The maximum Gasteiger partial charge on any atom is 0.0793 e. The molecule has 0 aromatic heterocycles. The van der Waals surface area contributed by atoms with Gasteiger partial charge in [0.1, 0.15) is 0 Å². The van der Waals surface area contributed by atoms with Crippen molar-refractivity contribution in [3.05, 3.63) is 46.5 Å². The minimum Gasteiger partial charge on any atom is -0.388 e. The second-order valence-corrected chi connectivity index (χ2v) is 5.36. The number of aryl methyl sites for hydroxylation is 1. The van der Waals surface area contributed by atoms with Crippen LogP contribution in [-0.4, -0.2) is 5.11 Å². The molecule has 0 aliphatic carbocycles. The molecule has 0 saturated heterocycles. The molecule has 2 heteroatoms. The van der Waals surface area contributed by atoms with Crippen molar-refractivity contribution in [2.45, 2.75) is 45.1 Å². The Labute approximate surface area is 113 Å². The highest BCUT2D eigenvalue weighted by Gasteiger charge is 2.10. The van der Waals surface area contributed by atoms with Gasteiger partial charge in [-0.2, -0.15) is 0 Å². The first kappa shape index (κ1) is 14.5. The summed E-state index contributed by atoms with van der Waals surface area (Å²) in [4.78, 5) is 0. The van der Waals surface area contributed by atoms with E-state index < -0.39 is 0 Å². The predicted molar refractivity (Wildman–Crippen MR) is 77.1 cm³/mol. The minimum atomic E-state index is -0.337. The molecule has 1 nitrogen and oxygen atoms in total. The quantitative estimate of drug-likeness (QED) is 0.559. The number of hydrogen-bond donors (Lipinski definition) is 1. The Morgan fingerprint density at radius 1 is 1.35 bits per heavy atom. The fourth-order valence-electron chi connectivity index (χ4n) is 1.93. The van der Waals surface area contributed by atoms with Crippen molar-refractivity contribution in [1.82, 2.24) is 0 Å². The number of unbranched alkanes of at least 4 members (excludes halogenated alkanes) is 3. The van der Waals surface area contributed by atoms with Crippen LogP contribution in [0.2, 0.25) is 0 Å². The fraction of sp³-hybridized carbons (Fsp3) is 0.467. The highest BCUT2D eigenvalue weighted by Crippen LogP contribution is 2.26. The van der Waals surface area contributed by atoms with Crippen LogP contribution in [0.4, 0.5) is 0 Å². The Hall–Kier alpha value is -0.600. The number of aliphatic hydroxyl groups excluding tert-OH is 1. The van der Waals surface area contributed by atoms with Gasteiger partial charge in [-0.15, -0.1) is 6.58 Å². The largest absolute Gasteiger partial charge is 0.388 e. The number of hydrogen-bond acceptors (Lipinski definition) is 1. The van der Waals surface area contributed by atoms with E-state index in [0.29, 0.717) is 0 Å². The molecule has 1 atom stereocenters. The van der Waals surface area contributed by atoms with Crippen molar-refractivity contribution < 1.29 is 5.11 Å². The second-order valence-electron chi connectivity index (χ2n) is 4.44. The molecular formula is C15H21BrO. The summed E-state index contributed by atoms with van der Waals surface area (Å²) in [5, 5.41) is 10.1. The van der Waals surface area contributed by atoms with Gasteiger partial charge < -0.3 is 5.11 Å². The van der Waals surface area contributed by atoms with Crippen molar-refractivity contribution in [3.8, 4) is 0 Å². The first-order valence-corrected chi connectivity index (χ1v) is 6.99. The standard InChI is InChI=1S/C15H21BrO/c1-3-4-5-6-7-8-15(17)14-11-13(16)10-9-12(14)2/h3,9-11,15,17H,1,4-8H2,2H3. The Morgan fingerprint density at radius 2 is 2.12 bits per heavy atom. The number of halogens is 1. The SMILES string of the molecule is C=CCCCCCC(O)c1cc(Br)ccc1C. The molecule has 0 saturated carbocycles. The zero-order valence-corrected chi connectivity index (χ0v) is 12.0. The lowest BCUT2D eigenvalue weighted by Crippen LogP contribution is -2.00. The molecule has 17 heavy (non-hydrogen) atoms. The summed E-state index contributed by atoms with van der Waals surface area (Å²) in [6, 6.07) is 6.07. The molecule has 1 aromatic carbocycles. The first-order chi connectivity index (χ1) is 8.15. The second kappa shape index (κ2) is 7.67. The van der Waals surface area contributed by atoms with Gasteiger partial charge in [0.25, 0.3) is 0 Å². The molecule has 0 radical (unpaired) electrons. The summed E-state index contributed by atoms with van der Waals surface area (Å²) in [6.45, 7) is 5.75. The van der Waals surface area contributed by atoms with E-state index in [0.717, 1.165) is 41.3 Å². The molecule has 0 bridgehead atoms. The van der Waals surface area contributed by atoms with Crippen LogP contribution in [0.1, 0.15) is 49.3 Å². The van der Waals surface area contributed by atoms with E-state index in [-0.39, 0.29) is 6.10 Å². The topological polar surface area (TPSA) is 20.2 Å². The molecule has 1 aromatic rings. The average Bonchev–Trinajstić information content (AvgIpc) is 2.32. The van der Waals surface area contributed by atoms with Gasteiger partial charge in [-0.25, -0.2) is 0 Å². The number of aliphatic hydroxyl groups is 1. The normalized spacial score (nSPS) is 12.4. The zero-order valence-electron chi connectivity index (χ0n) is 10.5. The third kappa shape index (κ3) is 5.05. The van der Waals surface area contributed by atoms with Crippen LogP contribution in [-0.2, 0) is 0 Å². The molecule has 1 unspecified atom stereocenters. The molecule has 0 heterocycles. The average molecular weight is 297 g/mol. The summed E-state index contributed by atoms with van der Waals surface area (Å²) >= 11 is 3.44. The predicted octanol–water partition coefficient (Wildman–Crippen LogP) is 4.93. The summed E-state index contributed by atoms with van der Waals surface area (Å²) in [7, 11) is 0. The van der Waals surface area contributed by atoms with Gasteiger partial charge in [0.2, 0.25) is 0 Å². The molecule has 94 valence electrons. The van der Waals surface area contributed by atoms with E-state index in [2.05, 4.69) is 22.5 Å². The van der Waals surface area contributed by atoms with Crippen LogP contribution >= 0.6 is 15.9 Å². The summed E-state index contributed by atoms with van der Waals surface area (Å²) in [5.41, 5.74) is 2.20. The maximum atomic E-state index is 10.1. The smallest absolute Gasteiger partial charge is 0.0793 e. The monoisotopic (exact) mass is 296 g/mol. The van der Waals surface area contributed by atoms with Gasteiger partial charge in [-0.05, 0) is 49.4 Å². The van der Waals surface area contributed by atoms with Crippen LogP contribution in [0, 0.1) is 6.92 Å². The molecule has 0 fully saturated rings. The van der Waals surface area contributed by atoms with Crippen LogP contribution in [0.3, 0.4) is 0 Å². The van der Waals surface area contributed by atoms with Crippen molar-refractivity contribution in [3.63, 3.8) is 0 Å². The summed E-state index contributed by atoms with van der Waals surface area (Å²) in [5.74, 6) is 0. The van der Waals surface area contributed by atoms with Gasteiger partial charge in [0.05, 0.1) is 6.10 Å².